The molecule has 0 unspecified atom stereocenters. The molecule has 1 N–H and O–H groups in total. The molecule has 0 saturated heterocycles. The summed E-state index contributed by atoms with van der Waals surface area (Å²) < 4.78 is 0. The van der Waals surface area contributed by atoms with Crippen LogP contribution in [-0.2, 0) is 0 Å². The molecule has 0 spiro atoms. The number of carboxylic acid groups (broad SMARTS) is 1. The van der Waals surface area contributed by atoms with Crippen LogP contribution in [0.3, 0.4) is 0 Å². The fraction of sp³-hybridized carbons (Fsp3) is 0.0909. The van der Waals surface area contributed by atoms with E-state index in [0.29, 0.717) is 4.88 Å². The number of aromatic carboxylic acids is 1. The first-order valence-electron chi connectivity index (χ1n) is 4.41. The van der Waals surface area contributed by atoms with Gasteiger partial charge in [0.15, 0.2) is 0 Å². The molecule has 2 rings (SSSR count). The number of hydrogen-bond acceptors (Lipinski definition) is 3. The SMILES string of the molecule is Cc1cncc(-c2ccsc2C(=O)O)c1. The van der Waals surface area contributed by atoms with Crippen molar-refractivity contribution in [1.29, 1.82) is 0 Å². The summed E-state index contributed by atoms with van der Waals surface area (Å²) >= 11 is 1.23. The molecule has 0 bridgehead atoms. The van der Waals surface area contributed by atoms with E-state index in [1.165, 1.54) is 11.3 Å². The first-order chi connectivity index (χ1) is 7.18. The molecule has 15 heavy (non-hydrogen) atoms. The van der Waals surface area contributed by atoms with E-state index in [2.05, 4.69) is 4.98 Å². The Morgan fingerprint density at radius 3 is 2.93 bits per heavy atom. The summed E-state index contributed by atoms with van der Waals surface area (Å²) in [7, 11) is 0. The number of aromatic nitrogens is 1. The van der Waals surface area contributed by atoms with Crippen molar-refractivity contribution in [1.82, 2.24) is 4.98 Å². The molecule has 2 heterocycles. The van der Waals surface area contributed by atoms with Gasteiger partial charge in [-0.25, -0.2) is 4.79 Å². The van der Waals surface area contributed by atoms with Gasteiger partial charge in [0.25, 0.3) is 0 Å². The molecule has 4 heteroatoms. The Hall–Kier alpha value is -1.68. The van der Waals surface area contributed by atoms with E-state index < -0.39 is 5.97 Å². The molecule has 0 saturated carbocycles. The van der Waals surface area contributed by atoms with Gasteiger partial charge in [0.2, 0.25) is 0 Å². The van der Waals surface area contributed by atoms with Gasteiger partial charge in [0, 0.05) is 23.5 Å². The van der Waals surface area contributed by atoms with Gasteiger partial charge in [-0.3, -0.25) is 4.98 Å². The Balaban J connectivity index is 2.54. The van der Waals surface area contributed by atoms with Crippen LogP contribution in [0.2, 0.25) is 0 Å². The first kappa shape index (κ1) is 9.86. The number of carboxylic acids is 1. The minimum atomic E-state index is -0.887. The average Bonchev–Trinajstić information content (AvgIpc) is 2.65. The molecule has 0 fully saturated rings. The monoisotopic (exact) mass is 219 g/mol. The fourth-order valence-electron chi connectivity index (χ4n) is 1.40. The molecule has 0 aliphatic carbocycles. The molecule has 0 radical (unpaired) electrons. The molecule has 0 aromatic carbocycles. The predicted molar refractivity (Wildman–Crippen MR) is 59.2 cm³/mol. The largest absolute Gasteiger partial charge is 0.477 e. The van der Waals surface area contributed by atoms with Gasteiger partial charge in [-0.15, -0.1) is 11.3 Å². The molecular formula is C11H9NO2S. The molecule has 2 aromatic rings. The van der Waals surface area contributed by atoms with Crippen molar-refractivity contribution in [2.24, 2.45) is 0 Å². The lowest BCUT2D eigenvalue weighted by molar-refractivity contribution is 0.0703. The highest BCUT2D eigenvalue weighted by molar-refractivity contribution is 7.12. The summed E-state index contributed by atoms with van der Waals surface area (Å²) in [6.07, 6.45) is 3.43. The quantitative estimate of drug-likeness (QED) is 0.844. The van der Waals surface area contributed by atoms with Gasteiger partial charge in [0.1, 0.15) is 4.88 Å². The van der Waals surface area contributed by atoms with Crippen LogP contribution < -0.4 is 0 Å². The Bertz CT molecular complexity index is 505. The van der Waals surface area contributed by atoms with E-state index in [9.17, 15) is 4.79 Å². The minimum absolute atomic E-state index is 0.363. The van der Waals surface area contributed by atoms with Crippen molar-refractivity contribution < 1.29 is 9.90 Å². The van der Waals surface area contributed by atoms with Crippen LogP contribution in [0, 0.1) is 6.92 Å². The number of hydrogen-bond donors (Lipinski definition) is 1. The Morgan fingerprint density at radius 1 is 1.47 bits per heavy atom. The smallest absolute Gasteiger partial charge is 0.346 e. The molecule has 76 valence electrons. The van der Waals surface area contributed by atoms with Crippen LogP contribution in [-0.4, -0.2) is 16.1 Å². The van der Waals surface area contributed by atoms with E-state index >= 15 is 0 Å². The van der Waals surface area contributed by atoms with Crippen LogP contribution in [0.4, 0.5) is 0 Å². The summed E-state index contributed by atoms with van der Waals surface area (Å²) in [5.74, 6) is -0.887. The molecule has 3 nitrogen and oxygen atoms in total. The Kier molecular flexibility index (Phi) is 2.51. The van der Waals surface area contributed by atoms with E-state index in [1.807, 2.05) is 19.1 Å². The normalized spacial score (nSPS) is 10.2. The van der Waals surface area contributed by atoms with Gasteiger partial charge < -0.3 is 5.11 Å². The zero-order valence-corrected chi connectivity index (χ0v) is 8.91. The van der Waals surface area contributed by atoms with E-state index in [1.54, 1.807) is 17.8 Å². The maximum Gasteiger partial charge on any atom is 0.346 e. The number of thiophene rings is 1. The van der Waals surface area contributed by atoms with Gasteiger partial charge in [-0.1, -0.05) is 0 Å². The van der Waals surface area contributed by atoms with Gasteiger partial charge in [-0.2, -0.15) is 0 Å². The molecular weight excluding hydrogens is 210 g/mol. The first-order valence-corrected chi connectivity index (χ1v) is 5.29. The van der Waals surface area contributed by atoms with Gasteiger partial charge >= 0.3 is 5.97 Å². The topological polar surface area (TPSA) is 50.2 Å². The molecule has 0 aliphatic heterocycles. The second kappa shape index (κ2) is 3.82. The van der Waals surface area contributed by atoms with Crippen molar-refractivity contribution in [2.75, 3.05) is 0 Å². The lowest BCUT2D eigenvalue weighted by Gasteiger charge is -2.00. The van der Waals surface area contributed by atoms with E-state index in [-0.39, 0.29) is 0 Å². The number of aryl methyl sites for hydroxylation is 1. The zero-order chi connectivity index (χ0) is 10.8. The highest BCUT2D eigenvalue weighted by Gasteiger charge is 2.13. The predicted octanol–water partition coefficient (Wildman–Crippen LogP) is 2.82. The summed E-state index contributed by atoms with van der Waals surface area (Å²) in [6.45, 7) is 1.93. The highest BCUT2D eigenvalue weighted by atomic mass is 32.1. The van der Waals surface area contributed by atoms with Crippen LogP contribution in [0.5, 0.6) is 0 Å². The van der Waals surface area contributed by atoms with Crippen LogP contribution in [0.25, 0.3) is 11.1 Å². The minimum Gasteiger partial charge on any atom is -0.477 e. The average molecular weight is 219 g/mol. The van der Waals surface area contributed by atoms with Crippen molar-refractivity contribution >= 4 is 17.3 Å². The van der Waals surface area contributed by atoms with Gasteiger partial charge in [-0.05, 0) is 30.0 Å². The third-order valence-corrected chi connectivity index (χ3v) is 2.95. The second-order valence-electron chi connectivity index (χ2n) is 3.22. The molecule has 0 aliphatic rings. The van der Waals surface area contributed by atoms with Crippen LogP contribution in [0.15, 0.2) is 29.9 Å². The number of carbonyl (C=O) groups is 1. The fourth-order valence-corrected chi connectivity index (χ4v) is 2.16. The zero-order valence-electron chi connectivity index (χ0n) is 8.10. The summed E-state index contributed by atoms with van der Waals surface area (Å²) in [6, 6.07) is 3.74. The second-order valence-corrected chi connectivity index (χ2v) is 4.14. The lowest BCUT2D eigenvalue weighted by Crippen LogP contribution is -1.94. The third-order valence-electron chi connectivity index (χ3n) is 2.05. The maximum atomic E-state index is 10.9. The van der Waals surface area contributed by atoms with Crippen LogP contribution >= 0.6 is 11.3 Å². The summed E-state index contributed by atoms with van der Waals surface area (Å²) in [5.41, 5.74) is 2.62. The number of nitrogens with zero attached hydrogens (tertiary/aromatic N) is 1. The van der Waals surface area contributed by atoms with Crippen molar-refractivity contribution in [3.8, 4) is 11.1 Å². The molecule has 2 aromatic heterocycles. The highest BCUT2D eigenvalue weighted by Crippen LogP contribution is 2.28. The number of pyridine rings is 1. The van der Waals surface area contributed by atoms with E-state index in [4.69, 9.17) is 5.11 Å². The summed E-state index contributed by atoms with van der Waals surface area (Å²) in [5, 5.41) is 10.8. The Morgan fingerprint density at radius 2 is 2.27 bits per heavy atom. The van der Waals surface area contributed by atoms with Crippen molar-refractivity contribution in [3.05, 3.63) is 40.3 Å². The van der Waals surface area contributed by atoms with Gasteiger partial charge in [0.05, 0.1) is 0 Å². The maximum absolute atomic E-state index is 10.9. The van der Waals surface area contributed by atoms with Crippen LogP contribution in [0.1, 0.15) is 15.2 Å². The number of rotatable bonds is 2. The third kappa shape index (κ3) is 1.89. The lowest BCUT2D eigenvalue weighted by atomic mass is 10.1. The van der Waals surface area contributed by atoms with E-state index in [0.717, 1.165) is 16.7 Å². The van der Waals surface area contributed by atoms with Crippen molar-refractivity contribution in [3.63, 3.8) is 0 Å². The van der Waals surface area contributed by atoms with Crippen molar-refractivity contribution in [2.45, 2.75) is 6.92 Å². The molecule has 0 atom stereocenters. The Labute approximate surface area is 91.0 Å². The summed E-state index contributed by atoms with van der Waals surface area (Å²) in [4.78, 5) is 15.3. The molecule has 0 amide bonds. The standard InChI is InChI=1S/C11H9NO2S/c1-7-4-8(6-12-5-7)9-2-3-15-10(9)11(13)14/h2-6H,1H3,(H,13,14).